The number of ether oxygens (including phenoxy) is 3. The predicted molar refractivity (Wildman–Crippen MR) is 153 cm³/mol. The number of allylic oxidation sites excluding steroid dienone is 1. The molecular weight excluding hydrogens is 638 g/mol. The zero-order chi connectivity index (χ0) is 30.2. The van der Waals surface area contributed by atoms with Crippen LogP contribution in [0, 0.1) is 16.0 Å². The Labute approximate surface area is 252 Å². The van der Waals surface area contributed by atoms with Crippen LogP contribution in [0.4, 0.5) is 10.5 Å². The van der Waals surface area contributed by atoms with Gasteiger partial charge in [0.2, 0.25) is 0 Å². The summed E-state index contributed by atoms with van der Waals surface area (Å²) in [4.78, 5) is 62.8. The van der Waals surface area contributed by atoms with Crippen molar-refractivity contribution in [3.05, 3.63) is 81.7 Å². The second kappa shape index (κ2) is 14.2. The lowest BCUT2D eigenvalue weighted by atomic mass is 10.1. The molecular formula is C27H26BrN3O10S. The van der Waals surface area contributed by atoms with Gasteiger partial charge in [0.1, 0.15) is 29.5 Å². The zero-order valence-corrected chi connectivity index (χ0v) is 24.4. The van der Waals surface area contributed by atoms with Crippen molar-refractivity contribution in [3.63, 3.8) is 0 Å². The molecule has 1 aliphatic heterocycles. The fraction of sp³-hybridized carbons (Fsp3) is 0.333. The van der Waals surface area contributed by atoms with Gasteiger partial charge in [0.15, 0.2) is 12.3 Å². The topological polar surface area (TPSA) is 175 Å². The molecule has 1 heterocycles. The van der Waals surface area contributed by atoms with Crippen LogP contribution in [0.1, 0.15) is 18.4 Å². The quantitative estimate of drug-likeness (QED) is 0.0606. The molecule has 13 nitrogen and oxygen atoms in total. The first-order valence-corrected chi connectivity index (χ1v) is 14.7. The summed E-state index contributed by atoms with van der Waals surface area (Å²) < 4.78 is 16.0. The van der Waals surface area contributed by atoms with Gasteiger partial charge in [-0.2, -0.15) is 0 Å². The van der Waals surface area contributed by atoms with Crippen LogP contribution in [-0.4, -0.2) is 68.0 Å². The smallest absolute Gasteiger partial charge is 0.369 e. The number of nitrogens with one attached hydrogen (secondary N) is 1. The molecule has 2 aromatic carbocycles. The van der Waals surface area contributed by atoms with Crippen molar-refractivity contribution < 1.29 is 43.4 Å². The molecule has 2 fully saturated rings. The average Bonchev–Trinajstić information content (AvgIpc) is 3.83. The minimum Gasteiger partial charge on any atom is -0.509 e. The van der Waals surface area contributed by atoms with E-state index in [4.69, 9.17) is 14.2 Å². The van der Waals surface area contributed by atoms with Crippen LogP contribution in [0.5, 0.6) is 5.75 Å². The number of benzene rings is 2. The number of rotatable bonds is 13. The molecule has 0 aromatic heterocycles. The lowest BCUT2D eigenvalue weighted by molar-refractivity contribution is -0.384. The Hall–Kier alpha value is -4.11. The van der Waals surface area contributed by atoms with Gasteiger partial charge in [-0.15, -0.1) is 0 Å². The van der Waals surface area contributed by atoms with Crippen LogP contribution in [0.2, 0.25) is 0 Å². The molecule has 15 heteroatoms. The van der Waals surface area contributed by atoms with Crippen molar-refractivity contribution in [2.24, 2.45) is 5.92 Å². The number of carbonyl (C=O) groups excluding carboxylic acids is 4. The molecule has 2 N–H and O–H groups in total. The Bertz CT molecular complexity index is 1370. The average molecular weight is 664 g/mol. The summed E-state index contributed by atoms with van der Waals surface area (Å²) in [6.07, 6.45) is 1.89. The number of alkyl halides is 1. The van der Waals surface area contributed by atoms with Gasteiger partial charge in [0, 0.05) is 12.1 Å². The van der Waals surface area contributed by atoms with E-state index in [0.717, 1.165) is 17.7 Å². The van der Waals surface area contributed by atoms with Crippen LogP contribution in [-0.2, 0) is 30.5 Å². The van der Waals surface area contributed by atoms with Gasteiger partial charge in [-0.05, 0) is 60.4 Å². The number of carbonyl (C=O) groups is 4. The van der Waals surface area contributed by atoms with Gasteiger partial charge < -0.3 is 24.6 Å². The molecule has 4 rings (SSSR count). The second-order valence-electron chi connectivity index (χ2n) is 9.30. The molecule has 1 saturated carbocycles. The first-order chi connectivity index (χ1) is 20.2. The molecule has 2 aromatic rings. The van der Waals surface area contributed by atoms with Crippen LogP contribution >= 0.6 is 27.7 Å². The summed E-state index contributed by atoms with van der Waals surface area (Å²) in [7, 11) is 0. The maximum atomic E-state index is 13.3. The van der Waals surface area contributed by atoms with Crippen molar-refractivity contribution in [1.29, 1.82) is 0 Å². The first kappa shape index (κ1) is 30.8. The number of aliphatic hydroxyl groups is 1. The van der Waals surface area contributed by atoms with Crippen molar-refractivity contribution in [3.8, 4) is 5.75 Å². The molecule has 2 unspecified atom stereocenters. The third-order valence-electron chi connectivity index (χ3n) is 6.17. The summed E-state index contributed by atoms with van der Waals surface area (Å²) in [6.45, 7) is -0.527. The highest BCUT2D eigenvalue weighted by molar-refractivity contribution is 9.09. The van der Waals surface area contributed by atoms with Gasteiger partial charge in [0.05, 0.1) is 16.9 Å². The highest BCUT2D eigenvalue weighted by Gasteiger charge is 2.54. The molecule has 2 aliphatic rings. The number of nitrogens with zero attached hydrogens (tertiary/aromatic N) is 2. The van der Waals surface area contributed by atoms with Gasteiger partial charge in [0.25, 0.3) is 17.5 Å². The number of likely N-dealkylation sites (tertiary alicyclic amines) is 1. The largest absolute Gasteiger partial charge is 0.509 e. The summed E-state index contributed by atoms with van der Waals surface area (Å²) in [5, 5.41) is 21.9. The van der Waals surface area contributed by atoms with E-state index < -0.39 is 57.5 Å². The van der Waals surface area contributed by atoms with Gasteiger partial charge in [-0.3, -0.25) is 24.6 Å². The van der Waals surface area contributed by atoms with Crippen LogP contribution in [0.15, 0.2) is 66.1 Å². The Balaban J connectivity index is 1.47. The minimum absolute atomic E-state index is 0.149. The second-order valence-corrected chi connectivity index (χ2v) is 10.9. The van der Waals surface area contributed by atoms with E-state index in [2.05, 4.69) is 21.2 Å². The van der Waals surface area contributed by atoms with Crippen LogP contribution in [0.3, 0.4) is 0 Å². The van der Waals surface area contributed by atoms with E-state index in [1.54, 1.807) is 30.3 Å². The summed E-state index contributed by atoms with van der Waals surface area (Å²) in [5.74, 6) is -2.34. The zero-order valence-electron chi connectivity index (χ0n) is 22.0. The number of amides is 2. The predicted octanol–water partition coefficient (Wildman–Crippen LogP) is 3.81. The van der Waals surface area contributed by atoms with E-state index in [0.29, 0.717) is 23.1 Å². The van der Waals surface area contributed by atoms with E-state index in [1.807, 2.05) is 0 Å². The maximum Gasteiger partial charge on any atom is 0.369 e. The molecule has 0 radical (unpaired) electrons. The van der Waals surface area contributed by atoms with E-state index in [9.17, 15) is 34.4 Å². The number of halogens is 1. The third-order valence-corrected chi connectivity index (χ3v) is 7.74. The number of para-hydroxylation sites is 1. The third kappa shape index (κ3) is 8.00. The minimum atomic E-state index is -1.24. The number of esters is 1. The molecule has 0 bridgehead atoms. The number of nitro benzene ring substituents is 1. The Morgan fingerprint density at radius 2 is 1.79 bits per heavy atom. The normalized spacial score (nSPS) is 18.3. The fourth-order valence-corrected chi connectivity index (χ4v) is 5.02. The summed E-state index contributed by atoms with van der Waals surface area (Å²) in [5.41, 5.74) is -0.263. The van der Waals surface area contributed by atoms with E-state index >= 15 is 0 Å². The lowest BCUT2D eigenvalue weighted by Gasteiger charge is -2.46. The van der Waals surface area contributed by atoms with Gasteiger partial charge >= 0.3 is 11.3 Å². The number of non-ortho nitro benzene ring substituents is 1. The Morgan fingerprint density at radius 1 is 1.10 bits per heavy atom. The van der Waals surface area contributed by atoms with Crippen molar-refractivity contribution >= 4 is 56.5 Å². The Kier molecular flexibility index (Phi) is 10.4. The van der Waals surface area contributed by atoms with Crippen LogP contribution in [0.25, 0.3) is 0 Å². The number of β-lactam (4-membered cyclic amide) rings is 1. The molecule has 1 aliphatic carbocycles. The summed E-state index contributed by atoms with van der Waals surface area (Å²) in [6, 6.07) is 12.6. The van der Waals surface area contributed by atoms with Crippen molar-refractivity contribution in [2.45, 2.75) is 30.9 Å². The number of hydrogen-bond acceptors (Lipinski definition) is 11. The van der Waals surface area contributed by atoms with Crippen molar-refractivity contribution in [2.75, 3.05) is 18.5 Å². The van der Waals surface area contributed by atoms with E-state index in [1.165, 1.54) is 24.3 Å². The van der Waals surface area contributed by atoms with Gasteiger partial charge in [-0.25, -0.2) is 9.59 Å². The monoisotopic (exact) mass is 663 g/mol. The number of nitro groups is 1. The fourth-order valence-electron chi connectivity index (χ4n) is 3.79. The molecule has 0 spiro atoms. The molecule has 2 amide bonds. The van der Waals surface area contributed by atoms with Gasteiger partial charge in [-0.1, -0.05) is 34.1 Å². The molecule has 222 valence electrons. The standard InChI is InChI=1S/C27H26BrN3O10S/c28-12-20(32)23(26(35)40-13-17-8-10-18(11-9-17)31(37)38)30-24(34)22(25(30)42-27(36)41-14-16-6-7-16)29-21(33)15-39-19-4-2-1-3-5-19/h1-5,8-11,16,22,25,32H,6-7,12-15H2,(H,29,33). The molecule has 42 heavy (non-hydrogen) atoms. The SMILES string of the molecule is O=C(COc1ccccc1)NC1C(=O)N(C(C(=O)OCc2ccc([N+](=O)[O-])cc2)=C(O)CBr)C1SC(=O)OCC1CC1. The Morgan fingerprint density at radius 3 is 2.40 bits per heavy atom. The van der Waals surface area contributed by atoms with Crippen molar-refractivity contribution in [1.82, 2.24) is 10.2 Å². The first-order valence-electron chi connectivity index (χ1n) is 12.7. The van der Waals surface area contributed by atoms with E-state index in [-0.39, 0.29) is 30.1 Å². The highest BCUT2D eigenvalue weighted by Crippen LogP contribution is 2.37. The number of thioether (sulfide) groups is 1. The van der Waals surface area contributed by atoms with Crippen LogP contribution < -0.4 is 10.1 Å². The summed E-state index contributed by atoms with van der Waals surface area (Å²) >= 11 is 3.64. The maximum absolute atomic E-state index is 13.3. The molecule has 1 saturated heterocycles. The number of aliphatic hydroxyl groups excluding tert-OH is 1. The number of hydrogen-bond donors (Lipinski definition) is 2. The highest BCUT2D eigenvalue weighted by atomic mass is 79.9. The lowest BCUT2D eigenvalue weighted by Crippen LogP contribution is -2.70. The molecule has 2 atom stereocenters.